The van der Waals surface area contributed by atoms with Crippen LogP contribution in [0, 0.1) is 5.82 Å². The van der Waals surface area contributed by atoms with Crippen LogP contribution in [0.2, 0.25) is 5.02 Å². The van der Waals surface area contributed by atoms with Crippen molar-refractivity contribution in [2.24, 2.45) is 0 Å². The van der Waals surface area contributed by atoms with Crippen molar-refractivity contribution in [3.63, 3.8) is 0 Å². The lowest BCUT2D eigenvalue weighted by molar-refractivity contribution is -0.125. The van der Waals surface area contributed by atoms with Gasteiger partial charge in [0.05, 0.1) is 30.3 Å². The van der Waals surface area contributed by atoms with E-state index in [4.69, 9.17) is 21.1 Å². The van der Waals surface area contributed by atoms with Crippen molar-refractivity contribution in [2.45, 2.75) is 37.8 Å². The largest absolute Gasteiger partial charge is 0.493 e. The van der Waals surface area contributed by atoms with Crippen LogP contribution in [0.5, 0.6) is 11.5 Å². The Kier molecular flexibility index (Phi) is 6.88. The summed E-state index contributed by atoms with van der Waals surface area (Å²) in [5.74, 6) is 1.25. The lowest BCUT2D eigenvalue weighted by atomic mass is 9.91. The quantitative estimate of drug-likeness (QED) is 0.523. The third-order valence-electron chi connectivity index (χ3n) is 6.56. The minimum absolute atomic E-state index is 0.0229. The molecule has 1 saturated carbocycles. The summed E-state index contributed by atoms with van der Waals surface area (Å²) in [5, 5.41) is 6.77. The molecule has 0 atom stereocenters. The molecule has 2 N–H and O–H groups in total. The number of amides is 1. The van der Waals surface area contributed by atoms with E-state index in [1.54, 1.807) is 19.4 Å². The number of carbonyl (C=O) groups is 1. The number of aromatic nitrogens is 2. The molecule has 2 fully saturated rings. The van der Waals surface area contributed by atoms with Crippen LogP contribution in [0.15, 0.2) is 36.5 Å². The number of ether oxygens (including phenoxy) is 2. The monoisotopic (exact) mass is 499 g/mol. The van der Waals surface area contributed by atoms with Gasteiger partial charge in [0, 0.05) is 42.5 Å². The number of benzene rings is 2. The van der Waals surface area contributed by atoms with Crippen molar-refractivity contribution in [1.29, 1.82) is 0 Å². The molecule has 1 aromatic heterocycles. The first-order valence-electron chi connectivity index (χ1n) is 11.7. The van der Waals surface area contributed by atoms with E-state index >= 15 is 0 Å². The first-order chi connectivity index (χ1) is 17.0. The maximum absolute atomic E-state index is 13.4. The Labute approximate surface area is 207 Å². The summed E-state index contributed by atoms with van der Waals surface area (Å²) in [6, 6.07) is 8.49. The molecule has 0 unspecified atom stereocenters. The second kappa shape index (κ2) is 10.2. The first kappa shape index (κ1) is 23.6. The molecule has 3 aromatic rings. The van der Waals surface area contributed by atoms with Crippen LogP contribution in [0.3, 0.4) is 0 Å². The number of hydrogen-bond donors (Lipinski definition) is 2. The fourth-order valence-corrected chi connectivity index (χ4v) is 4.91. The second-order valence-electron chi connectivity index (χ2n) is 8.88. The van der Waals surface area contributed by atoms with Crippen molar-refractivity contribution in [3.05, 3.63) is 47.4 Å². The molecule has 35 heavy (non-hydrogen) atoms. The Bertz CT molecular complexity index is 1240. The van der Waals surface area contributed by atoms with Gasteiger partial charge in [-0.15, -0.1) is 0 Å². The summed E-state index contributed by atoms with van der Waals surface area (Å²) >= 11 is 5.86. The SMILES string of the molecule is COc1cc2nc(Nc3ccc(F)c(Cl)c3)ncc2cc1OC1CCC(N2CCNC(=O)C2)CC1. The zero-order valence-electron chi connectivity index (χ0n) is 19.4. The van der Waals surface area contributed by atoms with Gasteiger partial charge in [0.25, 0.3) is 0 Å². The summed E-state index contributed by atoms with van der Waals surface area (Å²) in [6.07, 6.45) is 5.63. The van der Waals surface area contributed by atoms with Crippen molar-refractivity contribution in [2.75, 3.05) is 32.1 Å². The molecule has 8 nitrogen and oxygen atoms in total. The highest BCUT2D eigenvalue weighted by molar-refractivity contribution is 6.31. The van der Waals surface area contributed by atoms with E-state index in [0.717, 1.165) is 44.2 Å². The zero-order valence-corrected chi connectivity index (χ0v) is 20.1. The van der Waals surface area contributed by atoms with Crippen molar-refractivity contribution in [1.82, 2.24) is 20.2 Å². The highest BCUT2D eigenvalue weighted by atomic mass is 35.5. The number of nitrogens with zero attached hydrogens (tertiary/aromatic N) is 3. The Morgan fingerprint density at radius 3 is 2.74 bits per heavy atom. The summed E-state index contributed by atoms with van der Waals surface area (Å²) in [5.41, 5.74) is 1.27. The smallest absolute Gasteiger partial charge is 0.234 e. The van der Waals surface area contributed by atoms with Crippen LogP contribution in [0.25, 0.3) is 10.9 Å². The van der Waals surface area contributed by atoms with Gasteiger partial charge in [0.1, 0.15) is 5.82 Å². The third kappa shape index (κ3) is 5.41. The normalized spacial score (nSPS) is 20.9. The van der Waals surface area contributed by atoms with E-state index in [1.807, 2.05) is 12.1 Å². The van der Waals surface area contributed by atoms with Gasteiger partial charge in [0.15, 0.2) is 11.5 Å². The minimum atomic E-state index is -0.485. The molecular weight excluding hydrogens is 473 g/mol. The Morgan fingerprint density at radius 2 is 2.00 bits per heavy atom. The molecule has 10 heteroatoms. The highest BCUT2D eigenvalue weighted by Gasteiger charge is 2.30. The minimum Gasteiger partial charge on any atom is -0.493 e. The topological polar surface area (TPSA) is 88.6 Å². The van der Waals surface area contributed by atoms with Crippen LogP contribution in [-0.2, 0) is 4.79 Å². The molecule has 5 rings (SSSR count). The number of carbonyl (C=O) groups excluding carboxylic acids is 1. The zero-order chi connectivity index (χ0) is 24.4. The van der Waals surface area contributed by atoms with Crippen molar-refractivity contribution in [3.8, 4) is 11.5 Å². The number of fused-ring (bicyclic) bond motifs is 1. The summed E-state index contributed by atoms with van der Waals surface area (Å²) in [4.78, 5) is 22.9. The van der Waals surface area contributed by atoms with Gasteiger partial charge < -0.3 is 20.1 Å². The fourth-order valence-electron chi connectivity index (χ4n) is 4.73. The Balaban J connectivity index is 1.27. The molecule has 2 aromatic carbocycles. The summed E-state index contributed by atoms with van der Waals surface area (Å²) in [7, 11) is 1.60. The maximum atomic E-state index is 13.4. The number of nitrogens with one attached hydrogen (secondary N) is 2. The van der Waals surface area contributed by atoms with E-state index in [0.29, 0.717) is 41.2 Å². The number of piperazine rings is 1. The number of rotatable bonds is 6. The molecular formula is C25H27ClFN5O3. The number of anilines is 2. The molecule has 1 aliphatic heterocycles. The van der Waals surface area contributed by atoms with Crippen molar-refractivity contribution < 1.29 is 18.7 Å². The van der Waals surface area contributed by atoms with Gasteiger partial charge >= 0.3 is 0 Å². The Hall–Kier alpha value is -3.17. The van der Waals surface area contributed by atoms with Crippen molar-refractivity contribution >= 4 is 40.0 Å². The number of methoxy groups -OCH3 is 1. The van der Waals surface area contributed by atoms with Crippen LogP contribution in [0.1, 0.15) is 25.7 Å². The van der Waals surface area contributed by atoms with Gasteiger partial charge in [-0.2, -0.15) is 0 Å². The van der Waals surface area contributed by atoms with Gasteiger partial charge in [0.2, 0.25) is 11.9 Å². The molecule has 0 radical (unpaired) electrons. The summed E-state index contributed by atoms with van der Waals surface area (Å²) in [6.45, 7) is 2.12. The van der Waals surface area contributed by atoms with Crippen LogP contribution in [-0.4, -0.2) is 59.7 Å². The van der Waals surface area contributed by atoms with E-state index in [-0.39, 0.29) is 17.0 Å². The predicted octanol–water partition coefficient (Wildman–Crippen LogP) is 4.30. The van der Waals surface area contributed by atoms with E-state index in [2.05, 4.69) is 25.5 Å². The highest BCUT2D eigenvalue weighted by Crippen LogP contribution is 2.35. The number of halogens is 2. The van der Waals surface area contributed by atoms with E-state index < -0.39 is 5.82 Å². The average Bonchev–Trinajstić information content (AvgIpc) is 2.86. The average molecular weight is 500 g/mol. The maximum Gasteiger partial charge on any atom is 0.234 e. The predicted molar refractivity (Wildman–Crippen MR) is 132 cm³/mol. The molecule has 184 valence electrons. The lowest BCUT2D eigenvalue weighted by Gasteiger charge is -2.38. The van der Waals surface area contributed by atoms with E-state index in [9.17, 15) is 9.18 Å². The Morgan fingerprint density at radius 1 is 1.17 bits per heavy atom. The third-order valence-corrected chi connectivity index (χ3v) is 6.85. The fraction of sp³-hybridized carbons (Fsp3) is 0.400. The number of hydrogen-bond acceptors (Lipinski definition) is 7. The lowest BCUT2D eigenvalue weighted by Crippen LogP contribution is -2.52. The standard InChI is InChI=1S/C25H27ClFN5O3/c1-34-22-12-21-15(13-29-25(31-21)30-16-2-7-20(27)19(26)11-16)10-23(22)35-18-5-3-17(4-6-18)32-9-8-28-24(33)14-32/h2,7,10-13,17-18H,3-6,8-9,14H2,1H3,(H,28,33)(H,29,30,31). The molecule has 0 bridgehead atoms. The second-order valence-corrected chi connectivity index (χ2v) is 9.29. The van der Waals surface area contributed by atoms with Crippen LogP contribution >= 0.6 is 11.6 Å². The van der Waals surface area contributed by atoms with Crippen LogP contribution in [0.4, 0.5) is 16.0 Å². The molecule has 2 heterocycles. The first-order valence-corrected chi connectivity index (χ1v) is 12.1. The van der Waals surface area contributed by atoms with E-state index in [1.165, 1.54) is 12.1 Å². The molecule has 1 aliphatic carbocycles. The molecule has 1 amide bonds. The van der Waals surface area contributed by atoms with Gasteiger partial charge in [-0.25, -0.2) is 14.4 Å². The van der Waals surface area contributed by atoms with Crippen LogP contribution < -0.4 is 20.1 Å². The summed E-state index contributed by atoms with van der Waals surface area (Å²) < 4.78 is 25.4. The molecule has 1 saturated heterocycles. The van der Waals surface area contributed by atoms with Gasteiger partial charge in [-0.05, 0) is 49.9 Å². The van der Waals surface area contributed by atoms with Gasteiger partial charge in [-0.1, -0.05) is 11.6 Å². The van der Waals surface area contributed by atoms with Gasteiger partial charge in [-0.3, -0.25) is 9.69 Å². The molecule has 2 aliphatic rings. The molecule has 0 spiro atoms.